The predicted molar refractivity (Wildman–Crippen MR) is 96.1 cm³/mol. The number of aryl methyl sites for hydroxylation is 1. The number of nitrogens with zero attached hydrogens (tertiary/aromatic N) is 2. The van der Waals surface area contributed by atoms with Gasteiger partial charge in [-0.15, -0.1) is 0 Å². The Bertz CT molecular complexity index is 462. The van der Waals surface area contributed by atoms with E-state index < -0.39 is 21.1 Å². The fraction of sp³-hybridized carbons (Fsp3) is 0.778. The molecule has 1 aromatic rings. The molecule has 22 heavy (non-hydrogen) atoms. The normalized spacial score (nSPS) is 11.8. The molecule has 0 aromatic carbocycles. The molecule has 0 fully saturated rings. The van der Waals surface area contributed by atoms with Gasteiger partial charge in [0, 0.05) is 0 Å². The van der Waals surface area contributed by atoms with Crippen LogP contribution in [0.5, 0.6) is 0 Å². The minimum atomic E-state index is -0.860. The zero-order valence-electron chi connectivity index (χ0n) is 14.8. The van der Waals surface area contributed by atoms with Crippen molar-refractivity contribution in [3.05, 3.63) is 22.7 Å². The van der Waals surface area contributed by atoms with Gasteiger partial charge >= 0.3 is 146 Å². The molecule has 0 atom stereocenters. The third kappa shape index (κ3) is 6.43. The predicted octanol–water partition coefficient (Wildman–Crippen LogP) is 3.84. The van der Waals surface area contributed by atoms with E-state index in [0.29, 0.717) is 3.43 Å². The Morgan fingerprint density at radius 1 is 1.05 bits per heavy atom. The molecule has 3 nitrogen and oxygen atoms in total. The first kappa shape index (κ1) is 19.7. The van der Waals surface area contributed by atoms with Crippen molar-refractivity contribution in [3.63, 3.8) is 0 Å². The van der Waals surface area contributed by atoms with Crippen LogP contribution in [0, 0.1) is 0 Å². The standard InChI is InChI=1S/C13H27.C5H5N2O.Sn/c1-4-7-10-13(11-8-5-2)12-9-6-3;1-7-4-6-3-2-5(7)8;/h4-12H2,1-3H3;2,4H,1H3;. The van der Waals surface area contributed by atoms with Gasteiger partial charge in [0.05, 0.1) is 0 Å². The van der Waals surface area contributed by atoms with Crippen LogP contribution in [0.2, 0.25) is 3.43 Å². The number of aromatic nitrogens is 2. The summed E-state index contributed by atoms with van der Waals surface area (Å²) in [6.07, 6.45) is 13.5. The Balaban J connectivity index is 2.97. The summed E-state index contributed by atoms with van der Waals surface area (Å²) in [4.78, 5) is 16.5. The Morgan fingerprint density at radius 2 is 1.55 bits per heavy atom. The number of hydrogen-bond acceptors (Lipinski definition) is 2. The molecule has 0 N–H and O–H groups in total. The van der Waals surface area contributed by atoms with Crippen LogP contribution in [0.3, 0.4) is 0 Å². The van der Waals surface area contributed by atoms with Crippen LogP contribution in [0.1, 0.15) is 78.6 Å². The van der Waals surface area contributed by atoms with E-state index in [-0.39, 0.29) is 5.56 Å². The molecule has 0 unspecified atom stereocenters. The minimum absolute atomic E-state index is 0.0984. The van der Waals surface area contributed by atoms with E-state index >= 15 is 0 Å². The van der Waals surface area contributed by atoms with E-state index in [0.717, 1.165) is 3.71 Å². The summed E-state index contributed by atoms with van der Waals surface area (Å²) in [5.41, 5.74) is 0.0984. The molecular formula is C18H32N2OSn. The van der Waals surface area contributed by atoms with Gasteiger partial charge in [0.25, 0.3) is 0 Å². The summed E-state index contributed by atoms with van der Waals surface area (Å²) in [6, 6.07) is 1.81. The second-order valence-electron chi connectivity index (χ2n) is 6.44. The molecule has 124 valence electrons. The fourth-order valence-corrected chi connectivity index (χ4v) is 7.95. The summed E-state index contributed by atoms with van der Waals surface area (Å²) in [5, 5.41) is 0. The maximum atomic E-state index is 11.9. The van der Waals surface area contributed by atoms with Crippen molar-refractivity contribution in [1.29, 1.82) is 0 Å². The van der Waals surface area contributed by atoms with E-state index in [4.69, 9.17) is 0 Å². The number of rotatable bonds is 11. The molecule has 0 bridgehead atoms. The first-order valence-electron chi connectivity index (χ1n) is 8.87. The van der Waals surface area contributed by atoms with Crippen molar-refractivity contribution in [2.45, 2.75) is 82.0 Å². The van der Waals surface area contributed by atoms with Crippen LogP contribution in [-0.4, -0.2) is 30.7 Å². The molecule has 1 aromatic heterocycles. The Labute approximate surface area is 146 Å². The van der Waals surface area contributed by atoms with Gasteiger partial charge < -0.3 is 0 Å². The van der Waals surface area contributed by atoms with Crippen LogP contribution in [0.25, 0.3) is 0 Å². The van der Waals surface area contributed by atoms with E-state index in [1.807, 2.05) is 6.07 Å². The molecule has 2 radical (unpaired) electrons. The average Bonchev–Trinajstić information content (AvgIpc) is 2.52. The maximum absolute atomic E-state index is 11.9. The molecule has 0 spiro atoms. The van der Waals surface area contributed by atoms with Gasteiger partial charge in [-0.2, -0.15) is 0 Å². The summed E-state index contributed by atoms with van der Waals surface area (Å²) in [6.45, 7) is 6.85. The van der Waals surface area contributed by atoms with Crippen molar-refractivity contribution in [1.82, 2.24) is 9.55 Å². The summed E-state index contributed by atoms with van der Waals surface area (Å²) < 4.78 is 3.23. The number of hydrogen-bond donors (Lipinski definition) is 0. The average molecular weight is 411 g/mol. The van der Waals surface area contributed by atoms with Crippen LogP contribution < -0.4 is 9.27 Å². The van der Waals surface area contributed by atoms with Crippen molar-refractivity contribution < 1.29 is 0 Å². The van der Waals surface area contributed by atoms with Gasteiger partial charge in [-0.25, -0.2) is 0 Å². The van der Waals surface area contributed by atoms with Gasteiger partial charge in [-0.3, -0.25) is 0 Å². The fourth-order valence-electron chi connectivity index (χ4n) is 2.91. The van der Waals surface area contributed by atoms with Crippen molar-refractivity contribution in [3.8, 4) is 0 Å². The Hall–Kier alpha value is -0.321. The van der Waals surface area contributed by atoms with Crippen molar-refractivity contribution >= 4 is 24.9 Å². The van der Waals surface area contributed by atoms with E-state index in [2.05, 4.69) is 25.8 Å². The van der Waals surface area contributed by atoms with Gasteiger partial charge in [0.1, 0.15) is 0 Å². The first-order valence-corrected chi connectivity index (χ1v) is 11.7. The third-order valence-electron chi connectivity index (χ3n) is 4.40. The van der Waals surface area contributed by atoms with E-state index in [1.165, 1.54) is 57.8 Å². The topological polar surface area (TPSA) is 34.9 Å². The summed E-state index contributed by atoms with van der Waals surface area (Å²) in [5.74, 6) is 0. The SMILES string of the molecule is CCCC[C](CCCC)(CCCC)[Sn][c]1cc(=O)n(C)cn1. The zero-order chi connectivity index (χ0) is 16.4. The van der Waals surface area contributed by atoms with Gasteiger partial charge in [-0.05, 0) is 0 Å². The van der Waals surface area contributed by atoms with Crippen LogP contribution >= 0.6 is 0 Å². The molecule has 0 aliphatic heterocycles. The first-order chi connectivity index (χ1) is 10.6. The van der Waals surface area contributed by atoms with Gasteiger partial charge in [0.2, 0.25) is 0 Å². The van der Waals surface area contributed by atoms with Crippen LogP contribution in [0.4, 0.5) is 0 Å². The molecular weight excluding hydrogens is 379 g/mol. The van der Waals surface area contributed by atoms with Gasteiger partial charge in [-0.1, -0.05) is 0 Å². The quantitative estimate of drug-likeness (QED) is 0.519. The second kappa shape index (κ2) is 10.5. The molecule has 1 rings (SSSR count). The molecule has 0 saturated carbocycles. The van der Waals surface area contributed by atoms with Crippen molar-refractivity contribution in [2.75, 3.05) is 0 Å². The van der Waals surface area contributed by atoms with Gasteiger partial charge in [0.15, 0.2) is 0 Å². The summed E-state index contributed by atoms with van der Waals surface area (Å²) in [7, 11) is 1.78. The molecule has 0 saturated heterocycles. The summed E-state index contributed by atoms with van der Waals surface area (Å²) >= 11 is -0.860. The number of unbranched alkanes of at least 4 members (excludes halogenated alkanes) is 3. The third-order valence-corrected chi connectivity index (χ3v) is 9.56. The Kier molecular flexibility index (Phi) is 9.37. The molecule has 4 heteroatoms. The molecule has 0 aliphatic rings. The zero-order valence-corrected chi connectivity index (χ0v) is 17.7. The van der Waals surface area contributed by atoms with Crippen LogP contribution in [0.15, 0.2) is 17.2 Å². The van der Waals surface area contributed by atoms with E-state index in [9.17, 15) is 4.79 Å². The molecule has 0 aliphatic carbocycles. The van der Waals surface area contributed by atoms with Crippen molar-refractivity contribution in [2.24, 2.45) is 7.05 Å². The second-order valence-corrected chi connectivity index (χ2v) is 11.6. The molecule has 0 amide bonds. The molecule has 1 heterocycles. The van der Waals surface area contributed by atoms with Crippen LogP contribution in [-0.2, 0) is 7.05 Å². The Morgan fingerprint density at radius 3 is 1.95 bits per heavy atom. The van der Waals surface area contributed by atoms with E-state index in [1.54, 1.807) is 17.9 Å². The monoisotopic (exact) mass is 412 g/mol.